The second-order valence-electron chi connectivity index (χ2n) is 6.32. The topological polar surface area (TPSA) is 46.6 Å². The van der Waals surface area contributed by atoms with E-state index in [0.717, 1.165) is 25.7 Å². The number of hydrogen-bond acceptors (Lipinski definition) is 3. The van der Waals surface area contributed by atoms with Crippen molar-refractivity contribution in [3.63, 3.8) is 0 Å². The maximum atomic E-state index is 12.2. The zero-order chi connectivity index (χ0) is 14.5. The number of ketones is 1. The van der Waals surface area contributed by atoms with Crippen molar-refractivity contribution in [1.82, 2.24) is 4.90 Å². The molecule has 1 rings (SSSR count). The quantitative estimate of drug-likeness (QED) is 0.784. The standard InChI is InChI=1S/C15H27NO3/c1-5-8-13(17)11-12-9-6-7-10-16(12)14(18)19-15(2,3)4/h12H,5-11H2,1-4H3/t12-/m0/s1. The lowest BCUT2D eigenvalue weighted by Crippen LogP contribution is -2.46. The number of Topliss-reactive ketones (excluding diaryl/α,β-unsaturated/α-hetero) is 1. The predicted octanol–water partition coefficient (Wildman–Crippen LogP) is 3.54. The Morgan fingerprint density at radius 3 is 2.53 bits per heavy atom. The second-order valence-corrected chi connectivity index (χ2v) is 6.32. The number of piperidine rings is 1. The lowest BCUT2D eigenvalue weighted by Gasteiger charge is -2.36. The van der Waals surface area contributed by atoms with Gasteiger partial charge in [-0.05, 0) is 46.5 Å². The predicted molar refractivity (Wildman–Crippen MR) is 75.1 cm³/mol. The van der Waals surface area contributed by atoms with E-state index in [9.17, 15) is 9.59 Å². The summed E-state index contributed by atoms with van der Waals surface area (Å²) in [6, 6.07) is 0.0302. The van der Waals surface area contributed by atoms with Crippen molar-refractivity contribution in [2.24, 2.45) is 0 Å². The van der Waals surface area contributed by atoms with Crippen LogP contribution in [0, 0.1) is 0 Å². The molecule has 1 heterocycles. The third-order valence-electron chi connectivity index (χ3n) is 3.25. The Kier molecular flexibility index (Phi) is 5.83. The van der Waals surface area contributed by atoms with Gasteiger partial charge in [0.05, 0.1) is 0 Å². The molecule has 1 fully saturated rings. The Hall–Kier alpha value is -1.06. The summed E-state index contributed by atoms with van der Waals surface area (Å²) in [5.74, 6) is 0.253. The molecule has 0 aromatic heterocycles. The zero-order valence-corrected chi connectivity index (χ0v) is 12.7. The summed E-state index contributed by atoms with van der Waals surface area (Å²) in [6.45, 7) is 8.31. The van der Waals surface area contributed by atoms with Crippen molar-refractivity contribution in [2.45, 2.75) is 77.9 Å². The normalized spacial score (nSPS) is 20.2. The van der Waals surface area contributed by atoms with E-state index < -0.39 is 5.60 Å². The fourth-order valence-electron chi connectivity index (χ4n) is 2.42. The van der Waals surface area contributed by atoms with Crippen LogP contribution in [0.5, 0.6) is 0 Å². The van der Waals surface area contributed by atoms with Gasteiger partial charge in [-0.2, -0.15) is 0 Å². The van der Waals surface area contributed by atoms with Crippen LogP contribution in [0.3, 0.4) is 0 Å². The summed E-state index contributed by atoms with van der Waals surface area (Å²) < 4.78 is 5.42. The molecule has 0 radical (unpaired) electrons. The van der Waals surface area contributed by atoms with Crippen molar-refractivity contribution in [3.05, 3.63) is 0 Å². The summed E-state index contributed by atoms with van der Waals surface area (Å²) >= 11 is 0. The van der Waals surface area contributed by atoms with Gasteiger partial charge >= 0.3 is 6.09 Å². The van der Waals surface area contributed by atoms with Crippen molar-refractivity contribution >= 4 is 11.9 Å². The molecule has 0 saturated carbocycles. The molecule has 0 aromatic carbocycles. The fraction of sp³-hybridized carbons (Fsp3) is 0.867. The molecule has 0 spiro atoms. The Balaban J connectivity index is 2.61. The van der Waals surface area contributed by atoms with Gasteiger partial charge < -0.3 is 9.64 Å². The van der Waals surface area contributed by atoms with Crippen LogP contribution in [0.25, 0.3) is 0 Å². The van der Waals surface area contributed by atoms with E-state index in [1.165, 1.54) is 0 Å². The van der Waals surface area contributed by atoms with E-state index in [-0.39, 0.29) is 17.9 Å². The monoisotopic (exact) mass is 269 g/mol. The number of rotatable bonds is 4. The molecule has 0 unspecified atom stereocenters. The van der Waals surface area contributed by atoms with E-state index in [1.54, 1.807) is 4.90 Å². The average Bonchev–Trinajstić information content (AvgIpc) is 2.27. The Bertz CT molecular complexity index is 320. The summed E-state index contributed by atoms with van der Waals surface area (Å²) in [5.41, 5.74) is -0.480. The van der Waals surface area contributed by atoms with Gasteiger partial charge in [0.25, 0.3) is 0 Å². The molecule has 1 aliphatic heterocycles. The molecule has 19 heavy (non-hydrogen) atoms. The number of nitrogens with zero attached hydrogens (tertiary/aromatic N) is 1. The molecule has 0 bridgehead atoms. The maximum Gasteiger partial charge on any atom is 0.410 e. The highest BCUT2D eigenvalue weighted by molar-refractivity contribution is 5.79. The smallest absolute Gasteiger partial charge is 0.410 e. The highest BCUT2D eigenvalue weighted by atomic mass is 16.6. The van der Waals surface area contributed by atoms with E-state index in [4.69, 9.17) is 4.74 Å². The molecule has 0 aliphatic carbocycles. The largest absolute Gasteiger partial charge is 0.444 e. The van der Waals surface area contributed by atoms with Gasteiger partial charge in [0, 0.05) is 25.4 Å². The van der Waals surface area contributed by atoms with Gasteiger partial charge in [0.2, 0.25) is 0 Å². The van der Waals surface area contributed by atoms with Gasteiger partial charge in [-0.1, -0.05) is 6.92 Å². The van der Waals surface area contributed by atoms with E-state index in [0.29, 0.717) is 19.4 Å². The minimum atomic E-state index is -0.480. The van der Waals surface area contributed by atoms with Crippen LogP contribution < -0.4 is 0 Å². The number of hydrogen-bond donors (Lipinski definition) is 0. The maximum absolute atomic E-state index is 12.2. The minimum absolute atomic E-state index is 0.0302. The Labute approximate surface area is 116 Å². The average molecular weight is 269 g/mol. The molecule has 0 aromatic rings. The van der Waals surface area contributed by atoms with Gasteiger partial charge in [0.15, 0.2) is 0 Å². The second kappa shape index (κ2) is 6.92. The molecule has 1 aliphatic rings. The Morgan fingerprint density at radius 2 is 1.95 bits per heavy atom. The molecular formula is C15H27NO3. The molecule has 4 nitrogen and oxygen atoms in total. The minimum Gasteiger partial charge on any atom is -0.444 e. The van der Waals surface area contributed by atoms with Crippen molar-refractivity contribution in [3.8, 4) is 0 Å². The van der Waals surface area contributed by atoms with Crippen LogP contribution in [0.4, 0.5) is 4.79 Å². The molecule has 1 saturated heterocycles. The van der Waals surface area contributed by atoms with Gasteiger partial charge in [-0.15, -0.1) is 0 Å². The number of carbonyl (C=O) groups excluding carboxylic acids is 2. The molecule has 1 amide bonds. The van der Waals surface area contributed by atoms with E-state index in [1.807, 2.05) is 27.7 Å². The first-order chi connectivity index (χ1) is 8.83. The van der Waals surface area contributed by atoms with Crippen LogP contribution in [0.2, 0.25) is 0 Å². The van der Waals surface area contributed by atoms with Crippen LogP contribution in [-0.2, 0) is 9.53 Å². The molecular weight excluding hydrogens is 242 g/mol. The van der Waals surface area contributed by atoms with Crippen LogP contribution in [0.1, 0.15) is 66.2 Å². The van der Waals surface area contributed by atoms with Crippen molar-refractivity contribution in [2.75, 3.05) is 6.54 Å². The number of carbonyl (C=O) groups is 2. The summed E-state index contributed by atoms with van der Waals surface area (Å²) in [4.78, 5) is 25.7. The Morgan fingerprint density at radius 1 is 1.26 bits per heavy atom. The lowest BCUT2D eigenvalue weighted by atomic mass is 9.96. The van der Waals surface area contributed by atoms with Crippen molar-refractivity contribution < 1.29 is 14.3 Å². The fourth-order valence-corrected chi connectivity index (χ4v) is 2.42. The first kappa shape index (κ1) is 16.0. The van der Waals surface area contributed by atoms with Crippen LogP contribution in [-0.4, -0.2) is 35.0 Å². The van der Waals surface area contributed by atoms with Crippen LogP contribution in [0.15, 0.2) is 0 Å². The number of amides is 1. The third-order valence-corrected chi connectivity index (χ3v) is 3.25. The molecule has 0 N–H and O–H groups in total. The van der Waals surface area contributed by atoms with Gasteiger partial charge in [-0.3, -0.25) is 4.79 Å². The molecule has 110 valence electrons. The number of ether oxygens (including phenoxy) is 1. The summed E-state index contributed by atoms with van der Waals surface area (Å²) in [5, 5.41) is 0. The first-order valence-corrected chi connectivity index (χ1v) is 7.35. The van der Waals surface area contributed by atoms with E-state index >= 15 is 0 Å². The van der Waals surface area contributed by atoms with Gasteiger partial charge in [-0.25, -0.2) is 4.79 Å². The molecule has 1 atom stereocenters. The van der Waals surface area contributed by atoms with Crippen molar-refractivity contribution in [1.29, 1.82) is 0 Å². The molecule has 4 heteroatoms. The first-order valence-electron chi connectivity index (χ1n) is 7.35. The summed E-state index contributed by atoms with van der Waals surface area (Å²) in [7, 11) is 0. The van der Waals surface area contributed by atoms with E-state index in [2.05, 4.69) is 0 Å². The van der Waals surface area contributed by atoms with Crippen LogP contribution >= 0.6 is 0 Å². The van der Waals surface area contributed by atoms with Gasteiger partial charge in [0.1, 0.15) is 11.4 Å². The number of likely N-dealkylation sites (tertiary alicyclic amines) is 1. The highest BCUT2D eigenvalue weighted by Gasteiger charge is 2.31. The third kappa shape index (κ3) is 5.62. The zero-order valence-electron chi connectivity index (χ0n) is 12.7. The lowest BCUT2D eigenvalue weighted by molar-refractivity contribution is -0.120. The highest BCUT2D eigenvalue weighted by Crippen LogP contribution is 2.23. The summed E-state index contributed by atoms with van der Waals surface area (Å²) in [6.07, 6.45) is 4.68. The SMILES string of the molecule is CCCC(=O)C[C@@H]1CCCCN1C(=O)OC(C)(C)C.